The molecule has 0 fully saturated rings. The van der Waals surface area contributed by atoms with Gasteiger partial charge < -0.3 is 30.7 Å². The van der Waals surface area contributed by atoms with E-state index in [1.54, 1.807) is 93.8 Å². The quantitative estimate of drug-likeness (QED) is 0.322. The maximum atomic E-state index is 12.8. The van der Waals surface area contributed by atoms with Gasteiger partial charge in [-0.2, -0.15) is 0 Å². The molecule has 0 aliphatic heterocycles. The Kier molecular flexibility index (Phi) is 9.96. The number of pyridine rings is 1. The summed E-state index contributed by atoms with van der Waals surface area (Å²) in [4.78, 5) is 52.8. The van der Waals surface area contributed by atoms with E-state index in [2.05, 4.69) is 26.3 Å². The first-order valence-corrected chi connectivity index (χ1v) is 12.1. The molecule has 2 aromatic carbocycles. The molecule has 0 aliphatic carbocycles. The number of alkyl carbamates (subject to hydrolysis) is 2. The third-order valence-corrected chi connectivity index (χ3v) is 4.99. The lowest BCUT2D eigenvalue weighted by Gasteiger charge is -2.19. The number of anilines is 2. The molecule has 0 saturated carbocycles. The largest absolute Gasteiger partial charge is 0.445 e. The van der Waals surface area contributed by atoms with Crippen LogP contribution >= 0.6 is 0 Å². The van der Waals surface area contributed by atoms with Crippen LogP contribution in [-0.2, 0) is 27.4 Å². The van der Waals surface area contributed by atoms with E-state index in [-0.39, 0.29) is 25.6 Å². The molecule has 1 aromatic heterocycles. The summed E-state index contributed by atoms with van der Waals surface area (Å²) in [7, 11) is 0. The Hall–Kier alpha value is -4.93. The summed E-state index contributed by atoms with van der Waals surface area (Å²) in [5.41, 5.74) is 2.00. The highest BCUT2D eigenvalue weighted by Crippen LogP contribution is 2.22. The van der Waals surface area contributed by atoms with Gasteiger partial charge in [-0.1, -0.05) is 30.3 Å². The van der Waals surface area contributed by atoms with Crippen LogP contribution in [0.3, 0.4) is 0 Å². The molecular weight excluding hydrogens is 502 g/mol. The SMILES string of the molecule is CC(C)(C)OC(=O)NCC(=O)Nc1ccccc1NC(=O)c1ccc(CNC(=O)OCc2cccnc2)cc1. The van der Waals surface area contributed by atoms with Crippen molar-refractivity contribution >= 4 is 35.4 Å². The standard InChI is InChI=1S/C28H31N5O6/c1-28(2,3)39-27(37)31-17-24(34)32-22-8-4-5-9-23(22)33-25(35)21-12-10-19(11-13-21)16-30-26(36)38-18-20-7-6-14-29-15-20/h4-15H,16-18H2,1-3H3,(H,30,36)(H,31,37)(H,32,34)(H,33,35). The first-order chi connectivity index (χ1) is 18.6. The predicted octanol–water partition coefficient (Wildman–Crippen LogP) is 4.22. The van der Waals surface area contributed by atoms with Gasteiger partial charge in [-0.05, 0) is 56.7 Å². The molecule has 3 aromatic rings. The Labute approximate surface area is 226 Å². The van der Waals surface area contributed by atoms with Gasteiger partial charge in [-0.15, -0.1) is 0 Å². The molecule has 0 unspecified atom stereocenters. The molecular formula is C28H31N5O6. The molecule has 0 aliphatic rings. The average molecular weight is 534 g/mol. The number of hydrogen-bond acceptors (Lipinski definition) is 7. The van der Waals surface area contributed by atoms with E-state index in [0.717, 1.165) is 11.1 Å². The Balaban J connectivity index is 1.48. The molecule has 0 bridgehead atoms. The summed E-state index contributed by atoms with van der Waals surface area (Å²) in [6, 6.07) is 16.9. The summed E-state index contributed by atoms with van der Waals surface area (Å²) >= 11 is 0. The second-order valence-electron chi connectivity index (χ2n) is 9.39. The molecule has 0 atom stereocenters. The van der Waals surface area contributed by atoms with E-state index in [0.29, 0.717) is 16.9 Å². The molecule has 1 heterocycles. The number of nitrogens with zero attached hydrogens (tertiary/aromatic N) is 1. The zero-order valence-electron chi connectivity index (χ0n) is 21.9. The van der Waals surface area contributed by atoms with E-state index in [1.165, 1.54) is 0 Å². The van der Waals surface area contributed by atoms with Gasteiger partial charge >= 0.3 is 12.2 Å². The van der Waals surface area contributed by atoms with E-state index in [9.17, 15) is 19.2 Å². The van der Waals surface area contributed by atoms with E-state index >= 15 is 0 Å². The molecule has 0 radical (unpaired) electrons. The summed E-state index contributed by atoms with van der Waals surface area (Å²) in [5, 5.41) is 10.5. The molecule has 39 heavy (non-hydrogen) atoms. The fraction of sp³-hybridized carbons (Fsp3) is 0.250. The summed E-state index contributed by atoms with van der Waals surface area (Å²) in [5.74, 6) is -0.877. The first-order valence-electron chi connectivity index (χ1n) is 12.1. The van der Waals surface area contributed by atoms with Crippen molar-refractivity contribution in [3.8, 4) is 0 Å². The number of hydrogen-bond donors (Lipinski definition) is 4. The van der Waals surface area contributed by atoms with Crippen molar-refractivity contribution in [2.24, 2.45) is 0 Å². The highest BCUT2D eigenvalue weighted by atomic mass is 16.6. The number of aromatic nitrogens is 1. The smallest absolute Gasteiger partial charge is 0.408 e. The lowest BCUT2D eigenvalue weighted by atomic mass is 10.1. The van der Waals surface area contributed by atoms with Gasteiger partial charge in [0.2, 0.25) is 5.91 Å². The maximum Gasteiger partial charge on any atom is 0.408 e. The van der Waals surface area contributed by atoms with Crippen LogP contribution in [0.1, 0.15) is 42.3 Å². The minimum absolute atomic E-state index is 0.112. The van der Waals surface area contributed by atoms with Crippen LogP contribution in [0.25, 0.3) is 0 Å². The highest BCUT2D eigenvalue weighted by molar-refractivity contribution is 6.07. The van der Waals surface area contributed by atoms with Crippen molar-refractivity contribution in [1.29, 1.82) is 0 Å². The van der Waals surface area contributed by atoms with Crippen molar-refractivity contribution in [3.63, 3.8) is 0 Å². The number of carbonyl (C=O) groups excluding carboxylic acids is 4. The van der Waals surface area contributed by atoms with Crippen LogP contribution in [0.5, 0.6) is 0 Å². The van der Waals surface area contributed by atoms with Crippen LogP contribution < -0.4 is 21.3 Å². The monoisotopic (exact) mass is 533 g/mol. The van der Waals surface area contributed by atoms with Crippen molar-refractivity contribution < 1.29 is 28.7 Å². The van der Waals surface area contributed by atoms with Gasteiger partial charge in [0.25, 0.3) is 5.91 Å². The van der Waals surface area contributed by atoms with E-state index in [1.807, 2.05) is 0 Å². The number of ether oxygens (including phenoxy) is 2. The van der Waals surface area contributed by atoms with Gasteiger partial charge in [-0.3, -0.25) is 14.6 Å². The number of nitrogens with one attached hydrogen (secondary N) is 4. The third-order valence-electron chi connectivity index (χ3n) is 4.99. The second-order valence-corrected chi connectivity index (χ2v) is 9.39. The Morgan fingerprint density at radius 3 is 2.13 bits per heavy atom. The minimum Gasteiger partial charge on any atom is -0.445 e. The van der Waals surface area contributed by atoms with Gasteiger partial charge in [0, 0.05) is 30.1 Å². The molecule has 0 spiro atoms. The number of rotatable bonds is 9. The number of benzene rings is 2. The van der Waals surface area contributed by atoms with Crippen LogP contribution in [0.4, 0.5) is 21.0 Å². The third kappa shape index (κ3) is 10.2. The first kappa shape index (κ1) is 28.6. The number of carbonyl (C=O) groups is 4. The van der Waals surface area contributed by atoms with Gasteiger partial charge in [-0.25, -0.2) is 9.59 Å². The van der Waals surface area contributed by atoms with E-state index in [4.69, 9.17) is 9.47 Å². The molecule has 4 amide bonds. The maximum absolute atomic E-state index is 12.8. The zero-order chi connectivity index (χ0) is 28.3. The number of para-hydroxylation sites is 2. The molecule has 204 valence electrons. The van der Waals surface area contributed by atoms with Gasteiger partial charge in [0.1, 0.15) is 18.8 Å². The van der Waals surface area contributed by atoms with Gasteiger partial charge in [0.15, 0.2) is 0 Å². The normalized spacial score (nSPS) is 10.6. The minimum atomic E-state index is -0.709. The summed E-state index contributed by atoms with van der Waals surface area (Å²) in [6.07, 6.45) is 1.98. The number of amides is 4. The molecule has 11 nitrogen and oxygen atoms in total. The van der Waals surface area contributed by atoms with E-state index < -0.39 is 23.7 Å². The topological polar surface area (TPSA) is 148 Å². The van der Waals surface area contributed by atoms with Crippen LogP contribution in [-0.4, -0.2) is 41.1 Å². The lowest BCUT2D eigenvalue weighted by Crippen LogP contribution is -2.37. The Morgan fingerprint density at radius 1 is 0.795 bits per heavy atom. The molecule has 0 saturated heterocycles. The fourth-order valence-electron chi connectivity index (χ4n) is 3.19. The molecule has 3 rings (SSSR count). The predicted molar refractivity (Wildman–Crippen MR) is 145 cm³/mol. The zero-order valence-corrected chi connectivity index (χ0v) is 21.9. The Bertz CT molecular complexity index is 1290. The fourth-order valence-corrected chi connectivity index (χ4v) is 3.19. The lowest BCUT2D eigenvalue weighted by molar-refractivity contribution is -0.115. The molecule has 4 N–H and O–H groups in total. The highest BCUT2D eigenvalue weighted by Gasteiger charge is 2.17. The summed E-state index contributed by atoms with van der Waals surface area (Å²) < 4.78 is 10.3. The summed E-state index contributed by atoms with van der Waals surface area (Å²) in [6.45, 7) is 5.19. The van der Waals surface area contributed by atoms with Crippen molar-refractivity contribution in [1.82, 2.24) is 15.6 Å². The van der Waals surface area contributed by atoms with Crippen molar-refractivity contribution in [2.45, 2.75) is 39.5 Å². The Morgan fingerprint density at radius 2 is 1.49 bits per heavy atom. The van der Waals surface area contributed by atoms with Crippen LogP contribution in [0, 0.1) is 0 Å². The van der Waals surface area contributed by atoms with Crippen molar-refractivity contribution in [3.05, 3.63) is 89.7 Å². The molecule has 11 heteroatoms. The van der Waals surface area contributed by atoms with Gasteiger partial charge in [0.05, 0.1) is 11.4 Å². The van der Waals surface area contributed by atoms with Crippen molar-refractivity contribution in [2.75, 3.05) is 17.2 Å². The second kappa shape index (κ2) is 13.6. The van der Waals surface area contributed by atoms with Crippen LogP contribution in [0.15, 0.2) is 73.1 Å². The van der Waals surface area contributed by atoms with Crippen LogP contribution in [0.2, 0.25) is 0 Å². The average Bonchev–Trinajstić information content (AvgIpc) is 2.90.